The van der Waals surface area contributed by atoms with Crippen LogP contribution in [0, 0.1) is 0 Å². The summed E-state index contributed by atoms with van der Waals surface area (Å²) in [5.41, 5.74) is 5.71. The summed E-state index contributed by atoms with van der Waals surface area (Å²) in [5.74, 6) is 0.398. The van der Waals surface area contributed by atoms with Gasteiger partial charge in [0, 0.05) is 19.1 Å². The minimum atomic E-state index is -0.0274. The molecule has 1 amide bonds. The molecular weight excluding hydrogens is 272 g/mol. The van der Waals surface area contributed by atoms with Gasteiger partial charge < -0.3 is 15.1 Å². The zero-order valence-electron chi connectivity index (χ0n) is 10.4. The standard InChI is InChI=1S/C12H18N2O2S.ClH/c1-17-11-6-5-10(16-11)12(15)14-7-3-2-4-9(14)8-13;/h5-6,9H,2-4,7-8,13H2,1H3;1H. The number of hydrogen-bond donors (Lipinski definition) is 1. The average molecular weight is 291 g/mol. The van der Waals surface area contributed by atoms with Gasteiger partial charge >= 0.3 is 0 Å². The second kappa shape index (κ2) is 7.07. The third kappa shape index (κ3) is 3.22. The second-order valence-electron chi connectivity index (χ2n) is 4.21. The fraction of sp³-hybridized carbons (Fsp3) is 0.583. The third-order valence-corrected chi connectivity index (χ3v) is 3.78. The molecular formula is C12H19ClN2O2S. The number of nitrogens with two attached hydrogens (primary N) is 1. The third-order valence-electron chi connectivity index (χ3n) is 3.15. The summed E-state index contributed by atoms with van der Waals surface area (Å²) in [6.07, 6.45) is 5.13. The van der Waals surface area contributed by atoms with Crippen LogP contribution in [0.15, 0.2) is 21.6 Å². The molecule has 1 aromatic rings. The number of furan rings is 1. The van der Waals surface area contributed by atoms with E-state index in [1.807, 2.05) is 17.2 Å². The molecule has 2 heterocycles. The predicted molar refractivity (Wildman–Crippen MR) is 75.5 cm³/mol. The van der Waals surface area contributed by atoms with Crippen molar-refractivity contribution in [1.29, 1.82) is 0 Å². The van der Waals surface area contributed by atoms with Crippen LogP contribution in [0.2, 0.25) is 0 Å². The van der Waals surface area contributed by atoms with Crippen molar-refractivity contribution in [2.75, 3.05) is 19.3 Å². The number of nitrogens with zero attached hydrogens (tertiary/aromatic N) is 1. The van der Waals surface area contributed by atoms with Crippen LogP contribution >= 0.6 is 24.2 Å². The summed E-state index contributed by atoms with van der Waals surface area (Å²) in [5, 5.41) is 0.773. The number of hydrogen-bond acceptors (Lipinski definition) is 4. The summed E-state index contributed by atoms with van der Waals surface area (Å²) in [4.78, 5) is 14.1. The molecule has 1 atom stereocenters. The van der Waals surface area contributed by atoms with E-state index in [9.17, 15) is 4.79 Å². The van der Waals surface area contributed by atoms with E-state index in [1.165, 1.54) is 11.8 Å². The first-order chi connectivity index (χ1) is 8.26. The normalized spacial score (nSPS) is 19.4. The van der Waals surface area contributed by atoms with Gasteiger partial charge in [-0.25, -0.2) is 0 Å². The number of amides is 1. The highest BCUT2D eigenvalue weighted by Gasteiger charge is 2.28. The highest BCUT2D eigenvalue weighted by atomic mass is 35.5. The molecule has 1 fully saturated rings. The topological polar surface area (TPSA) is 59.5 Å². The van der Waals surface area contributed by atoms with Crippen molar-refractivity contribution < 1.29 is 9.21 Å². The first-order valence-corrected chi connectivity index (χ1v) is 7.13. The van der Waals surface area contributed by atoms with E-state index in [0.717, 1.165) is 30.9 Å². The largest absolute Gasteiger partial charge is 0.445 e. The molecule has 6 heteroatoms. The lowest BCUT2D eigenvalue weighted by Crippen LogP contribution is -2.47. The van der Waals surface area contributed by atoms with Gasteiger partial charge in [0.25, 0.3) is 5.91 Å². The van der Waals surface area contributed by atoms with Gasteiger partial charge in [-0.2, -0.15) is 0 Å². The summed E-state index contributed by atoms with van der Waals surface area (Å²) in [6, 6.07) is 3.74. The molecule has 18 heavy (non-hydrogen) atoms. The van der Waals surface area contributed by atoms with Crippen LogP contribution in [-0.4, -0.2) is 36.2 Å². The van der Waals surface area contributed by atoms with Crippen molar-refractivity contribution in [2.45, 2.75) is 30.4 Å². The van der Waals surface area contributed by atoms with Crippen molar-refractivity contribution in [3.63, 3.8) is 0 Å². The van der Waals surface area contributed by atoms with Gasteiger partial charge in [0.1, 0.15) is 0 Å². The highest BCUT2D eigenvalue weighted by Crippen LogP contribution is 2.22. The van der Waals surface area contributed by atoms with E-state index in [2.05, 4.69) is 0 Å². The zero-order valence-corrected chi connectivity index (χ0v) is 12.1. The van der Waals surface area contributed by atoms with Gasteiger partial charge in [-0.15, -0.1) is 12.4 Å². The molecule has 0 aromatic carbocycles. The summed E-state index contributed by atoms with van der Waals surface area (Å²) < 4.78 is 5.47. The fourth-order valence-corrected chi connectivity index (χ4v) is 2.58. The Hall–Kier alpha value is -0.650. The van der Waals surface area contributed by atoms with Crippen molar-refractivity contribution in [3.05, 3.63) is 17.9 Å². The number of halogens is 1. The minimum absolute atomic E-state index is 0. The Kier molecular flexibility index (Phi) is 6.05. The van der Waals surface area contributed by atoms with Gasteiger partial charge in [-0.1, -0.05) is 11.8 Å². The molecule has 1 unspecified atom stereocenters. The lowest BCUT2D eigenvalue weighted by molar-refractivity contribution is 0.0585. The number of carbonyl (C=O) groups excluding carboxylic acids is 1. The average Bonchev–Trinajstić information content (AvgIpc) is 2.86. The monoisotopic (exact) mass is 290 g/mol. The second-order valence-corrected chi connectivity index (χ2v) is 5.02. The molecule has 4 nitrogen and oxygen atoms in total. The Morgan fingerprint density at radius 1 is 1.56 bits per heavy atom. The maximum Gasteiger partial charge on any atom is 0.289 e. The quantitative estimate of drug-likeness (QED) is 0.868. The first-order valence-electron chi connectivity index (χ1n) is 5.91. The zero-order chi connectivity index (χ0) is 12.3. The lowest BCUT2D eigenvalue weighted by atomic mass is 10.0. The van der Waals surface area contributed by atoms with Crippen LogP contribution < -0.4 is 5.73 Å². The minimum Gasteiger partial charge on any atom is -0.445 e. The molecule has 0 aliphatic carbocycles. The number of rotatable bonds is 3. The molecule has 102 valence electrons. The van der Waals surface area contributed by atoms with E-state index in [4.69, 9.17) is 10.2 Å². The van der Waals surface area contributed by atoms with Gasteiger partial charge in [-0.3, -0.25) is 4.79 Å². The molecule has 1 aromatic heterocycles. The first kappa shape index (κ1) is 15.4. The summed E-state index contributed by atoms with van der Waals surface area (Å²) >= 11 is 1.50. The number of piperidine rings is 1. The van der Waals surface area contributed by atoms with Crippen molar-refractivity contribution in [2.24, 2.45) is 5.73 Å². The van der Waals surface area contributed by atoms with E-state index >= 15 is 0 Å². The molecule has 1 saturated heterocycles. The van der Waals surface area contributed by atoms with Crippen LogP contribution in [0.25, 0.3) is 0 Å². The maximum absolute atomic E-state index is 12.3. The predicted octanol–water partition coefficient (Wildman–Crippen LogP) is 2.38. The van der Waals surface area contributed by atoms with E-state index in [1.54, 1.807) is 6.07 Å². The molecule has 2 N–H and O–H groups in total. The van der Waals surface area contributed by atoms with Crippen LogP contribution in [-0.2, 0) is 0 Å². The highest BCUT2D eigenvalue weighted by molar-refractivity contribution is 7.98. The number of likely N-dealkylation sites (tertiary alicyclic amines) is 1. The maximum atomic E-state index is 12.3. The molecule has 0 spiro atoms. The summed E-state index contributed by atoms with van der Waals surface area (Å²) in [6.45, 7) is 1.32. The molecule has 1 aliphatic heterocycles. The van der Waals surface area contributed by atoms with Crippen LogP contribution in [0.1, 0.15) is 29.8 Å². The SMILES string of the molecule is CSc1ccc(C(=O)N2CCCCC2CN)o1.Cl. The molecule has 2 rings (SSSR count). The van der Waals surface area contributed by atoms with Crippen LogP contribution in [0.5, 0.6) is 0 Å². The van der Waals surface area contributed by atoms with Gasteiger partial charge in [0.2, 0.25) is 0 Å². The Bertz CT molecular complexity index is 397. The number of carbonyl (C=O) groups is 1. The number of thioether (sulfide) groups is 1. The molecule has 0 radical (unpaired) electrons. The Labute approximate surface area is 118 Å². The van der Waals surface area contributed by atoms with Crippen LogP contribution in [0.3, 0.4) is 0 Å². The van der Waals surface area contributed by atoms with Gasteiger partial charge in [0.05, 0.1) is 0 Å². The van der Waals surface area contributed by atoms with Gasteiger partial charge in [0.15, 0.2) is 10.9 Å². The van der Waals surface area contributed by atoms with Crippen molar-refractivity contribution in [1.82, 2.24) is 4.90 Å². The fourth-order valence-electron chi connectivity index (χ4n) is 2.20. The molecule has 0 saturated carbocycles. The van der Waals surface area contributed by atoms with Gasteiger partial charge in [-0.05, 0) is 37.7 Å². The van der Waals surface area contributed by atoms with E-state index in [0.29, 0.717) is 12.3 Å². The molecule has 1 aliphatic rings. The van der Waals surface area contributed by atoms with Crippen molar-refractivity contribution >= 4 is 30.1 Å². The van der Waals surface area contributed by atoms with Crippen LogP contribution in [0.4, 0.5) is 0 Å². The smallest absolute Gasteiger partial charge is 0.289 e. The summed E-state index contributed by atoms with van der Waals surface area (Å²) in [7, 11) is 0. The Morgan fingerprint density at radius 2 is 2.33 bits per heavy atom. The Balaban J connectivity index is 0.00000162. The Morgan fingerprint density at radius 3 is 2.94 bits per heavy atom. The van der Waals surface area contributed by atoms with E-state index < -0.39 is 0 Å². The molecule has 0 bridgehead atoms. The van der Waals surface area contributed by atoms with E-state index in [-0.39, 0.29) is 24.4 Å². The lowest BCUT2D eigenvalue weighted by Gasteiger charge is -2.34. The van der Waals surface area contributed by atoms with Crippen molar-refractivity contribution in [3.8, 4) is 0 Å².